The van der Waals surface area contributed by atoms with Crippen LogP contribution in [-0.4, -0.2) is 42.9 Å². The molecule has 2 aromatic carbocycles. The van der Waals surface area contributed by atoms with E-state index in [-0.39, 0.29) is 36.8 Å². The first-order valence-corrected chi connectivity index (χ1v) is 8.38. The Balaban J connectivity index is 2.02. The van der Waals surface area contributed by atoms with E-state index in [1.54, 1.807) is 36.4 Å². The number of esters is 1. The van der Waals surface area contributed by atoms with E-state index in [0.29, 0.717) is 11.3 Å². The number of hydrogen-bond donors (Lipinski definition) is 1. The van der Waals surface area contributed by atoms with Crippen molar-refractivity contribution in [1.82, 2.24) is 4.90 Å². The van der Waals surface area contributed by atoms with E-state index in [1.807, 2.05) is 0 Å². The van der Waals surface area contributed by atoms with Gasteiger partial charge in [-0.3, -0.25) is 9.59 Å². The van der Waals surface area contributed by atoms with Gasteiger partial charge in [-0.2, -0.15) is 0 Å². The number of benzene rings is 2. The molecule has 0 spiro atoms. The molecule has 27 heavy (non-hydrogen) atoms. The van der Waals surface area contributed by atoms with Crippen LogP contribution in [0.15, 0.2) is 48.5 Å². The summed E-state index contributed by atoms with van der Waals surface area (Å²) in [5.74, 6) is -1.69. The average molecular weight is 372 g/mol. The second-order valence-corrected chi connectivity index (χ2v) is 5.87. The lowest BCUT2D eigenvalue weighted by Gasteiger charge is -2.21. The Morgan fingerprint density at radius 1 is 1.07 bits per heavy atom. The minimum atomic E-state index is -0.575. The highest BCUT2D eigenvalue weighted by Gasteiger charge is 2.17. The van der Waals surface area contributed by atoms with Crippen LogP contribution in [0.3, 0.4) is 0 Å². The van der Waals surface area contributed by atoms with E-state index in [1.165, 1.54) is 31.1 Å². The Kier molecular flexibility index (Phi) is 7.05. The lowest BCUT2D eigenvalue weighted by atomic mass is 10.1. The molecule has 7 heteroatoms. The number of hydrogen-bond acceptors (Lipinski definition) is 4. The Bertz CT molecular complexity index is 838. The zero-order chi connectivity index (χ0) is 19.8. The summed E-state index contributed by atoms with van der Waals surface area (Å²) in [5.41, 5.74) is 0.987. The van der Waals surface area contributed by atoms with Crippen molar-refractivity contribution < 1.29 is 23.5 Å². The van der Waals surface area contributed by atoms with Gasteiger partial charge in [0.2, 0.25) is 11.8 Å². The van der Waals surface area contributed by atoms with Crippen LogP contribution in [0.25, 0.3) is 0 Å². The maximum atomic E-state index is 13.7. The number of amides is 2. The summed E-state index contributed by atoms with van der Waals surface area (Å²) in [6.45, 7) is 1.33. The summed E-state index contributed by atoms with van der Waals surface area (Å²) >= 11 is 0. The summed E-state index contributed by atoms with van der Waals surface area (Å²) in [7, 11) is 1.25. The molecular weight excluding hydrogens is 351 g/mol. The van der Waals surface area contributed by atoms with E-state index < -0.39 is 11.9 Å². The summed E-state index contributed by atoms with van der Waals surface area (Å²) in [4.78, 5) is 37.3. The van der Waals surface area contributed by atoms with Crippen LogP contribution >= 0.6 is 0 Å². The van der Waals surface area contributed by atoms with Crippen molar-refractivity contribution in [2.45, 2.75) is 13.3 Å². The molecule has 0 aliphatic carbocycles. The number of halogens is 1. The highest BCUT2D eigenvalue weighted by Crippen LogP contribution is 2.16. The molecule has 0 fully saturated rings. The van der Waals surface area contributed by atoms with Crippen molar-refractivity contribution in [1.29, 1.82) is 0 Å². The van der Waals surface area contributed by atoms with Gasteiger partial charge in [-0.05, 0) is 30.2 Å². The van der Waals surface area contributed by atoms with E-state index in [4.69, 9.17) is 0 Å². The predicted molar refractivity (Wildman–Crippen MR) is 98.8 cm³/mol. The number of anilines is 1. The molecule has 0 bridgehead atoms. The molecular formula is C20H21FN2O4. The second kappa shape index (κ2) is 9.47. The van der Waals surface area contributed by atoms with Gasteiger partial charge in [0, 0.05) is 13.5 Å². The number of ether oxygens (including phenoxy) is 1. The number of nitrogens with one attached hydrogen (secondary N) is 1. The van der Waals surface area contributed by atoms with Gasteiger partial charge in [-0.1, -0.05) is 30.3 Å². The summed E-state index contributed by atoms with van der Waals surface area (Å²) < 4.78 is 18.4. The standard InChI is InChI=1S/C20H21FN2O4/c1-14(24)23(12-11-15-7-3-5-9-17(15)21)13-19(25)22-18-10-6-4-8-16(18)20(26)27-2/h3-10H,11-13H2,1-2H3,(H,22,25). The van der Waals surface area contributed by atoms with Crippen LogP contribution in [0.2, 0.25) is 0 Å². The van der Waals surface area contributed by atoms with Crippen molar-refractivity contribution in [2.75, 3.05) is 25.5 Å². The minimum Gasteiger partial charge on any atom is -0.465 e. The molecule has 142 valence electrons. The average Bonchev–Trinajstić information content (AvgIpc) is 2.65. The van der Waals surface area contributed by atoms with Gasteiger partial charge in [-0.25, -0.2) is 9.18 Å². The van der Waals surface area contributed by atoms with Gasteiger partial charge >= 0.3 is 5.97 Å². The van der Waals surface area contributed by atoms with Gasteiger partial charge in [0.25, 0.3) is 0 Å². The topological polar surface area (TPSA) is 75.7 Å². The van der Waals surface area contributed by atoms with Crippen LogP contribution in [0.4, 0.5) is 10.1 Å². The molecule has 2 amide bonds. The number of carbonyl (C=O) groups is 3. The fourth-order valence-electron chi connectivity index (χ4n) is 2.55. The molecule has 0 heterocycles. The molecule has 0 saturated carbocycles. The number of carbonyl (C=O) groups excluding carboxylic acids is 3. The number of rotatable bonds is 7. The summed E-state index contributed by atoms with van der Waals surface area (Å²) in [5, 5.41) is 2.61. The lowest BCUT2D eigenvalue weighted by molar-refractivity contribution is -0.132. The van der Waals surface area contributed by atoms with Crippen LogP contribution < -0.4 is 5.32 Å². The van der Waals surface area contributed by atoms with Crippen molar-refractivity contribution in [3.63, 3.8) is 0 Å². The number of nitrogens with zero attached hydrogens (tertiary/aromatic N) is 1. The molecule has 1 N–H and O–H groups in total. The predicted octanol–water partition coefficient (Wildman–Crippen LogP) is 2.64. The molecule has 2 rings (SSSR count). The molecule has 0 radical (unpaired) electrons. The molecule has 0 aromatic heterocycles. The van der Waals surface area contributed by atoms with Crippen molar-refractivity contribution in [3.05, 3.63) is 65.5 Å². The van der Waals surface area contributed by atoms with Crippen LogP contribution in [-0.2, 0) is 20.7 Å². The van der Waals surface area contributed by atoms with Gasteiger partial charge < -0.3 is 15.0 Å². The highest BCUT2D eigenvalue weighted by atomic mass is 19.1. The third kappa shape index (κ3) is 5.64. The van der Waals surface area contributed by atoms with Crippen molar-refractivity contribution in [2.24, 2.45) is 0 Å². The van der Waals surface area contributed by atoms with E-state index in [2.05, 4.69) is 10.1 Å². The fourth-order valence-corrected chi connectivity index (χ4v) is 2.55. The largest absolute Gasteiger partial charge is 0.465 e. The third-order valence-corrected chi connectivity index (χ3v) is 4.00. The number of para-hydroxylation sites is 1. The highest BCUT2D eigenvalue weighted by molar-refractivity contribution is 6.02. The quantitative estimate of drug-likeness (QED) is 0.758. The molecule has 0 saturated heterocycles. The van der Waals surface area contributed by atoms with E-state index in [0.717, 1.165) is 0 Å². The smallest absolute Gasteiger partial charge is 0.339 e. The normalized spacial score (nSPS) is 10.2. The Hall–Kier alpha value is -3.22. The van der Waals surface area contributed by atoms with Gasteiger partial charge in [-0.15, -0.1) is 0 Å². The molecule has 0 aliphatic rings. The molecule has 0 unspecified atom stereocenters. The fraction of sp³-hybridized carbons (Fsp3) is 0.250. The maximum Gasteiger partial charge on any atom is 0.339 e. The van der Waals surface area contributed by atoms with Crippen molar-refractivity contribution in [3.8, 4) is 0 Å². The molecule has 0 aliphatic heterocycles. The van der Waals surface area contributed by atoms with Gasteiger partial charge in [0.15, 0.2) is 0 Å². The molecule has 2 aromatic rings. The molecule has 6 nitrogen and oxygen atoms in total. The number of methoxy groups -OCH3 is 1. The Morgan fingerprint density at radius 3 is 2.41 bits per heavy atom. The summed E-state index contributed by atoms with van der Waals surface area (Å²) in [6, 6.07) is 12.7. The first-order valence-electron chi connectivity index (χ1n) is 8.38. The van der Waals surface area contributed by atoms with E-state index >= 15 is 0 Å². The lowest BCUT2D eigenvalue weighted by Crippen LogP contribution is -2.38. The minimum absolute atomic E-state index is 0.197. The first-order chi connectivity index (χ1) is 12.9. The van der Waals surface area contributed by atoms with Crippen LogP contribution in [0.1, 0.15) is 22.8 Å². The van der Waals surface area contributed by atoms with Gasteiger partial charge in [0.05, 0.1) is 24.9 Å². The third-order valence-electron chi connectivity index (χ3n) is 4.00. The first kappa shape index (κ1) is 20.1. The second-order valence-electron chi connectivity index (χ2n) is 5.87. The zero-order valence-electron chi connectivity index (χ0n) is 15.2. The maximum absolute atomic E-state index is 13.7. The zero-order valence-corrected chi connectivity index (χ0v) is 15.2. The van der Waals surface area contributed by atoms with Crippen LogP contribution in [0, 0.1) is 5.82 Å². The summed E-state index contributed by atoms with van der Waals surface area (Å²) in [6.07, 6.45) is 0.290. The Morgan fingerprint density at radius 2 is 1.74 bits per heavy atom. The van der Waals surface area contributed by atoms with E-state index in [9.17, 15) is 18.8 Å². The van der Waals surface area contributed by atoms with Crippen LogP contribution in [0.5, 0.6) is 0 Å². The Labute approximate surface area is 156 Å². The monoisotopic (exact) mass is 372 g/mol. The SMILES string of the molecule is COC(=O)c1ccccc1NC(=O)CN(CCc1ccccc1F)C(C)=O. The van der Waals surface area contributed by atoms with Gasteiger partial charge in [0.1, 0.15) is 5.82 Å². The van der Waals surface area contributed by atoms with Crippen molar-refractivity contribution >= 4 is 23.5 Å². The molecule has 0 atom stereocenters.